The second-order valence-corrected chi connectivity index (χ2v) is 6.69. The van der Waals surface area contributed by atoms with Gasteiger partial charge >= 0.3 is 0 Å². The molecule has 1 aromatic heterocycles. The number of aliphatic hydroxyl groups is 1. The van der Waals surface area contributed by atoms with Crippen LogP contribution in [-0.2, 0) is 13.0 Å². The molecule has 1 saturated heterocycles. The van der Waals surface area contributed by atoms with Crippen LogP contribution in [0.2, 0.25) is 5.02 Å². The van der Waals surface area contributed by atoms with Crippen LogP contribution >= 0.6 is 11.6 Å². The van der Waals surface area contributed by atoms with Crippen LogP contribution in [-0.4, -0.2) is 45.8 Å². The lowest BCUT2D eigenvalue weighted by Gasteiger charge is -2.16. The first kappa shape index (κ1) is 17.9. The maximum Gasteiger partial charge on any atom is 0.138 e. The first-order chi connectivity index (χ1) is 12.2. The van der Waals surface area contributed by atoms with E-state index < -0.39 is 0 Å². The van der Waals surface area contributed by atoms with E-state index in [-0.39, 0.29) is 12.0 Å². The third-order valence-corrected chi connectivity index (χ3v) is 4.62. The van der Waals surface area contributed by atoms with E-state index in [0.29, 0.717) is 23.9 Å². The predicted molar refractivity (Wildman–Crippen MR) is 97.7 cm³/mol. The minimum absolute atomic E-state index is 0.169. The molecule has 2 atom stereocenters. The lowest BCUT2D eigenvalue weighted by molar-refractivity contribution is 0.140. The topological polar surface area (TPSA) is 58.5 Å². The molecule has 1 aliphatic rings. The minimum atomic E-state index is -0.354. The first-order valence-electron chi connectivity index (χ1n) is 8.33. The van der Waals surface area contributed by atoms with Crippen molar-refractivity contribution in [3.63, 3.8) is 0 Å². The van der Waals surface area contributed by atoms with E-state index in [4.69, 9.17) is 16.3 Å². The minimum Gasteiger partial charge on any atom is -0.488 e. The summed E-state index contributed by atoms with van der Waals surface area (Å²) in [5.41, 5.74) is 2.02. The molecule has 0 saturated carbocycles. The van der Waals surface area contributed by atoms with Crippen LogP contribution in [0, 0.1) is 5.92 Å². The molecule has 0 aliphatic carbocycles. The Balaban J connectivity index is 1.58. The van der Waals surface area contributed by atoms with Gasteiger partial charge in [0.25, 0.3) is 0 Å². The SMILES string of the molecule is C=CCOc1ccc(CN2CC(O)C(Cc3cnccn3)C2)cc1Cl. The van der Waals surface area contributed by atoms with E-state index in [1.54, 1.807) is 24.7 Å². The Morgan fingerprint density at radius 2 is 2.24 bits per heavy atom. The smallest absolute Gasteiger partial charge is 0.138 e. The monoisotopic (exact) mass is 359 g/mol. The van der Waals surface area contributed by atoms with Crippen LogP contribution < -0.4 is 4.74 Å². The number of aliphatic hydroxyl groups excluding tert-OH is 1. The Hall–Kier alpha value is -1.95. The fourth-order valence-corrected chi connectivity index (χ4v) is 3.40. The number of aromatic nitrogens is 2. The van der Waals surface area contributed by atoms with Crippen molar-refractivity contribution in [2.24, 2.45) is 5.92 Å². The molecule has 6 heteroatoms. The second-order valence-electron chi connectivity index (χ2n) is 6.29. The van der Waals surface area contributed by atoms with Crippen molar-refractivity contribution >= 4 is 11.6 Å². The van der Waals surface area contributed by atoms with E-state index in [0.717, 1.165) is 30.8 Å². The molecule has 1 aliphatic heterocycles. The van der Waals surface area contributed by atoms with Crippen molar-refractivity contribution in [1.82, 2.24) is 14.9 Å². The summed E-state index contributed by atoms with van der Waals surface area (Å²) in [4.78, 5) is 10.6. The van der Waals surface area contributed by atoms with Crippen LogP contribution in [0.15, 0.2) is 49.4 Å². The number of likely N-dealkylation sites (tertiary alicyclic amines) is 1. The molecule has 0 amide bonds. The molecule has 2 heterocycles. The van der Waals surface area contributed by atoms with Gasteiger partial charge in [0.05, 0.1) is 16.8 Å². The van der Waals surface area contributed by atoms with Crippen molar-refractivity contribution in [2.75, 3.05) is 19.7 Å². The summed E-state index contributed by atoms with van der Waals surface area (Å²) in [6, 6.07) is 5.81. The summed E-state index contributed by atoms with van der Waals surface area (Å²) in [7, 11) is 0. The van der Waals surface area contributed by atoms with E-state index in [2.05, 4.69) is 21.4 Å². The molecule has 1 N–H and O–H groups in total. The second kappa shape index (κ2) is 8.43. The number of rotatable bonds is 7. The van der Waals surface area contributed by atoms with Crippen LogP contribution in [0.4, 0.5) is 0 Å². The normalized spacial score (nSPS) is 20.6. The van der Waals surface area contributed by atoms with Crippen molar-refractivity contribution < 1.29 is 9.84 Å². The summed E-state index contributed by atoms with van der Waals surface area (Å²) in [6.45, 7) is 6.28. The van der Waals surface area contributed by atoms with Gasteiger partial charge in [-0.1, -0.05) is 30.3 Å². The highest BCUT2D eigenvalue weighted by molar-refractivity contribution is 6.32. The molecule has 0 bridgehead atoms. The summed E-state index contributed by atoms with van der Waals surface area (Å²) >= 11 is 6.27. The van der Waals surface area contributed by atoms with Gasteiger partial charge in [-0.3, -0.25) is 14.9 Å². The van der Waals surface area contributed by atoms with E-state index in [9.17, 15) is 5.11 Å². The Morgan fingerprint density at radius 3 is 2.96 bits per heavy atom. The molecule has 25 heavy (non-hydrogen) atoms. The number of nitrogens with zero attached hydrogens (tertiary/aromatic N) is 3. The van der Waals surface area contributed by atoms with E-state index in [1.165, 1.54) is 0 Å². The molecule has 0 spiro atoms. The van der Waals surface area contributed by atoms with Crippen LogP contribution in [0.5, 0.6) is 5.75 Å². The van der Waals surface area contributed by atoms with Gasteiger partial charge in [0.15, 0.2) is 0 Å². The maximum atomic E-state index is 10.3. The number of benzene rings is 1. The third kappa shape index (κ3) is 4.78. The van der Waals surface area contributed by atoms with Crippen molar-refractivity contribution in [1.29, 1.82) is 0 Å². The molecule has 2 unspecified atom stereocenters. The lowest BCUT2D eigenvalue weighted by Crippen LogP contribution is -2.21. The number of hydrogen-bond acceptors (Lipinski definition) is 5. The molecular formula is C19H22ClN3O2. The molecule has 2 aromatic rings. The van der Waals surface area contributed by atoms with Gasteiger partial charge in [0.2, 0.25) is 0 Å². The Morgan fingerprint density at radius 1 is 1.36 bits per heavy atom. The highest BCUT2D eigenvalue weighted by Crippen LogP contribution is 2.28. The van der Waals surface area contributed by atoms with Crippen molar-refractivity contribution in [3.8, 4) is 5.75 Å². The fourth-order valence-electron chi connectivity index (χ4n) is 3.14. The standard InChI is InChI=1S/C19H22ClN3O2/c1-2-7-25-19-4-3-14(8-17(19)20)11-23-12-15(18(24)13-23)9-16-10-21-5-6-22-16/h2-6,8,10,15,18,24H,1,7,9,11-13H2. The lowest BCUT2D eigenvalue weighted by atomic mass is 10.0. The molecule has 0 radical (unpaired) electrons. The molecule has 5 nitrogen and oxygen atoms in total. The molecule has 132 valence electrons. The van der Waals surface area contributed by atoms with E-state index >= 15 is 0 Å². The largest absolute Gasteiger partial charge is 0.488 e. The Bertz CT molecular complexity index is 711. The van der Waals surface area contributed by atoms with Crippen LogP contribution in [0.1, 0.15) is 11.3 Å². The quantitative estimate of drug-likeness (QED) is 0.770. The summed E-state index contributed by atoms with van der Waals surface area (Å²) in [5.74, 6) is 0.828. The zero-order chi connectivity index (χ0) is 17.6. The summed E-state index contributed by atoms with van der Waals surface area (Å²) in [6.07, 6.45) is 7.18. The zero-order valence-electron chi connectivity index (χ0n) is 14.0. The summed E-state index contributed by atoms with van der Waals surface area (Å²) < 4.78 is 5.49. The Labute approximate surface area is 152 Å². The average molecular weight is 360 g/mol. The van der Waals surface area contributed by atoms with Crippen molar-refractivity contribution in [3.05, 3.63) is 65.7 Å². The molecular weight excluding hydrogens is 338 g/mol. The number of β-amino-alcohol motifs (C(OH)–C–C–N with tert-alkyl or cyclic N) is 1. The van der Waals surface area contributed by atoms with Gasteiger partial charge < -0.3 is 9.84 Å². The van der Waals surface area contributed by atoms with Crippen LogP contribution in [0.3, 0.4) is 0 Å². The zero-order valence-corrected chi connectivity index (χ0v) is 14.8. The van der Waals surface area contributed by atoms with E-state index in [1.807, 2.05) is 18.2 Å². The molecule has 1 fully saturated rings. The van der Waals surface area contributed by atoms with Gasteiger partial charge in [-0.2, -0.15) is 0 Å². The van der Waals surface area contributed by atoms with Crippen molar-refractivity contribution in [2.45, 2.75) is 19.1 Å². The van der Waals surface area contributed by atoms with Gasteiger partial charge in [-0.05, 0) is 24.1 Å². The van der Waals surface area contributed by atoms with Gasteiger partial charge in [0, 0.05) is 44.1 Å². The number of ether oxygens (including phenoxy) is 1. The maximum absolute atomic E-state index is 10.3. The fraction of sp³-hybridized carbons (Fsp3) is 0.368. The predicted octanol–water partition coefficient (Wildman–Crippen LogP) is 2.73. The Kier molecular flexibility index (Phi) is 6.02. The summed E-state index contributed by atoms with van der Waals surface area (Å²) in [5, 5.41) is 10.9. The molecule has 1 aromatic carbocycles. The third-order valence-electron chi connectivity index (χ3n) is 4.33. The molecule has 3 rings (SSSR count). The van der Waals surface area contributed by atoms with Gasteiger partial charge in [-0.15, -0.1) is 0 Å². The average Bonchev–Trinajstić information content (AvgIpc) is 2.94. The number of hydrogen-bond donors (Lipinski definition) is 1. The van der Waals surface area contributed by atoms with Gasteiger partial charge in [0.1, 0.15) is 12.4 Å². The highest BCUT2D eigenvalue weighted by atomic mass is 35.5. The van der Waals surface area contributed by atoms with Crippen LogP contribution in [0.25, 0.3) is 0 Å². The van der Waals surface area contributed by atoms with Gasteiger partial charge in [-0.25, -0.2) is 0 Å². The first-order valence-corrected chi connectivity index (χ1v) is 8.71. The highest BCUT2D eigenvalue weighted by Gasteiger charge is 2.31. The number of halogens is 1.